The zero-order valence-corrected chi connectivity index (χ0v) is 23.7. The van der Waals surface area contributed by atoms with Crippen LogP contribution in [0.4, 0.5) is 10.5 Å². The largest absolute Gasteiger partial charge is 0.467 e. The summed E-state index contributed by atoms with van der Waals surface area (Å²) in [5.74, 6) is 1.34. The van der Waals surface area contributed by atoms with Crippen molar-refractivity contribution in [3.05, 3.63) is 89.4 Å². The first kappa shape index (κ1) is 29.0. The van der Waals surface area contributed by atoms with Gasteiger partial charge in [0.1, 0.15) is 12.3 Å². The Labute approximate surface area is 228 Å². The van der Waals surface area contributed by atoms with E-state index >= 15 is 0 Å². The minimum Gasteiger partial charge on any atom is -0.467 e. The lowest BCUT2D eigenvalue weighted by Crippen LogP contribution is -2.46. The number of carbonyl (C=O) groups excluding carboxylic acids is 2. The molecule has 38 heavy (non-hydrogen) atoms. The van der Waals surface area contributed by atoms with Gasteiger partial charge in [0.25, 0.3) is 0 Å². The summed E-state index contributed by atoms with van der Waals surface area (Å²) in [4.78, 5) is 30.8. The van der Waals surface area contributed by atoms with Crippen LogP contribution in [0.3, 0.4) is 0 Å². The molecule has 0 spiro atoms. The van der Waals surface area contributed by atoms with Crippen LogP contribution in [0.25, 0.3) is 0 Å². The molecule has 0 atom stereocenters. The lowest BCUT2D eigenvalue weighted by molar-refractivity contribution is -0.132. The third-order valence-corrected chi connectivity index (χ3v) is 6.60. The second-order valence-corrected chi connectivity index (χ2v) is 11.0. The molecule has 1 heterocycles. The Morgan fingerprint density at radius 1 is 0.816 bits per heavy atom. The van der Waals surface area contributed by atoms with E-state index in [-0.39, 0.29) is 36.2 Å². The van der Waals surface area contributed by atoms with Crippen LogP contribution >= 0.6 is 0 Å². The maximum atomic E-state index is 13.7. The van der Waals surface area contributed by atoms with Crippen LogP contribution in [0.15, 0.2) is 71.3 Å². The van der Waals surface area contributed by atoms with Gasteiger partial charge in [0.05, 0.1) is 12.8 Å². The molecule has 0 unspecified atom stereocenters. The lowest BCUT2D eigenvalue weighted by atomic mass is 9.93. The number of anilines is 1. The summed E-state index contributed by atoms with van der Waals surface area (Å²) >= 11 is 0. The Bertz CT molecular complexity index is 1130. The number of para-hydroxylation sites is 1. The van der Waals surface area contributed by atoms with Crippen molar-refractivity contribution in [2.75, 3.05) is 25.0 Å². The molecule has 3 amide bonds. The van der Waals surface area contributed by atoms with Gasteiger partial charge in [0.2, 0.25) is 5.91 Å². The Morgan fingerprint density at radius 2 is 1.47 bits per heavy atom. The molecule has 3 rings (SSSR count). The topological polar surface area (TPSA) is 65.8 Å². The van der Waals surface area contributed by atoms with E-state index in [0.29, 0.717) is 19.6 Å². The van der Waals surface area contributed by atoms with Gasteiger partial charge >= 0.3 is 6.03 Å². The highest BCUT2D eigenvalue weighted by atomic mass is 16.3. The standard InChI is InChI=1S/C32H43N3O3/c1-23(2)20-35(32(37)33-31-28(24(3)4)15-10-16-29(31)25(5)6)22-30(36)34(21-27-14-11-19-38-27)18-17-26-12-8-7-9-13-26/h7-16,19,23-25H,17-18,20-22H2,1-6H3,(H,33,37). The molecule has 204 valence electrons. The van der Waals surface area contributed by atoms with Gasteiger partial charge in [-0.2, -0.15) is 0 Å². The second kappa shape index (κ2) is 13.8. The number of rotatable bonds is 12. The zero-order chi connectivity index (χ0) is 27.7. The minimum absolute atomic E-state index is 0.000366. The average Bonchev–Trinajstić information content (AvgIpc) is 3.39. The summed E-state index contributed by atoms with van der Waals surface area (Å²) in [5.41, 5.74) is 4.22. The second-order valence-electron chi connectivity index (χ2n) is 11.0. The Kier molecular flexibility index (Phi) is 10.6. The van der Waals surface area contributed by atoms with Crippen LogP contribution in [0.2, 0.25) is 0 Å². The van der Waals surface area contributed by atoms with Crippen LogP contribution in [0.1, 0.15) is 75.8 Å². The molecular formula is C32H43N3O3. The maximum Gasteiger partial charge on any atom is 0.322 e. The summed E-state index contributed by atoms with van der Waals surface area (Å²) in [6, 6.07) is 19.8. The molecule has 6 heteroatoms. The summed E-state index contributed by atoms with van der Waals surface area (Å²) in [6.07, 6.45) is 2.34. The molecule has 0 fully saturated rings. The van der Waals surface area contributed by atoms with Crippen LogP contribution in [0, 0.1) is 5.92 Å². The fourth-order valence-corrected chi connectivity index (χ4v) is 4.60. The number of urea groups is 1. The molecule has 1 aromatic heterocycles. The Hall–Kier alpha value is -3.54. The fraction of sp³-hybridized carbons (Fsp3) is 0.438. The van der Waals surface area contributed by atoms with Gasteiger partial charge in [-0.3, -0.25) is 4.79 Å². The van der Waals surface area contributed by atoms with Crippen molar-refractivity contribution in [1.29, 1.82) is 0 Å². The molecule has 0 bridgehead atoms. The highest BCUT2D eigenvalue weighted by Gasteiger charge is 2.25. The van der Waals surface area contributed by atoms with Gasteiger partial charge in [0, 0.05) is 18.8 Å². The molecule has 0 aliphatic carbocycles. The maximum absolute atomic E-state index is 13.7. The number of carbonyl (C=O) groups is 2. The van der Waals surface area contributed by atoms with Gasteiger partial charge < -0.3 is 19.5 Å². The zero-order valence-electron chi connectivity index (χ0n) is 23.7. The third-order valence-electron chi connectivity index (χ3n) is 6.60. The van der Waals surface area contributed by atoms with Gasteiger partial charge in [-0.1, -0.05) is 90.1 Å². The van der Waals surface area contributed by atoms with E-state index < -0.39 is 0 Å². The number of nitrogens with one attached hydrogen (secondary N) is 1. The SMILES string of the molecule is CC(C)CN(CC(=O)N(CCc1ccccc1)Cc1ccco1)C(=O)Nc1c(C(C)C)cccc1C(C)C. The van der Waals surface area contributed by atoms with Gasteiger partial charge in [0.15, 0.2) is 0 Å². The predicted molar refractivity (Wildman–Crippen MR) is 154 cm³/mol. The first-order chi connectivity index (χ1) is 18.2. The molecule has 3 aromatic rings. The van der Waals surface area contributed by atoms with Crippen LogP contribution in [0.5, 0.6) is 0 Å². The quantitative estimate of drug-likeness (QED) is 0.274. The molecule has 0 saturated heterocycles. The Morgan fingerprint density at radius 3 is 2.03 bits per heavy atom. The highest BCUT2D eigenvalue weighted by Crippen LogP contribution is 2.32. The molecule has 6 nitrogen and oxygen atoms in total. The normalized spacial score (nSPS) is 11.3. The molecular weight excluding hydrogens is 474 g/mol. The van der Waals surface area contributed by atoms with Crippen LogP contribution in [-0.2, 0) is 17.8 Å². The van der Waals surface area contributed by atoms with E-state index in [1.54, 1.807) is 16.1 Å². The summed E-state index contributed by atoms with van der Waals surface area (Å²) < 4.78 is 5.55. The van der Waals surface area contributed by atoms with E-state index in [0.717, 1.165) is 34.6 Å². The van der Waals surface area contributed by atoms with Crippen molar-refractivity contribution >= 4 is 17.6 Å². The van der Waals surface area contributed by atoms with Crippen molar-refractivity contribution in [3.8, 4) is 0 Å². The fourth-order valence-electron chi connectivity index (χ4n) is 4.60. The van der Waals surface area contributed by atoms with E-state index in [1.807, 2.05) is 30.3 Å². The van der Waals surface area contributed by atoms with E-state index in [4.69, 9.17) is 4.42 Å². The van der Waals surface area contributed by atoms with Gasteiger partial charge in [-0.25, -0.2) is 4.79 Å². The molecule has 2 aromatic carbocycles. The smallest absolute Gasteiger partial charge is 0.322 e. The van der Waals surface area contributed by atoms with E-state index in [9.17, 15) is 9.59 Å². The molecule has 0 saturated carbocycles. The number of furan rings is 1. The first-order valence-electron chi connectivity index (χ1n) is 13.7. The third kappa shape index (κ3) is 8.23. The number of benzene rings is 2. The molecule has 0 aliphatic rings. The van der Waals surface area contributed by atoms with Crippen molar-refractivity contribution in [3.63, 3.8) is 0 Å². The van der Waals surface area contributed by atoms with Crippen molar-refractivity contribution in [1.82, 2.24) is 9.80 Å². The monoisotopic (exact) mass is 517 g/mol. The van der Waals surface area contributed by atoms with Crippen molar-refractivity contribution in [2.45, 2.75) is 66.3 Å². The van der Waals surface area contributed by atoms with Gasteiger partial charge in [-0.15, -0.1) is 0 Å². The van der Waals surface area contributed by atoms with Gasteiger partial charge in [-0.05, 0) is 53.0 Å². The number of hydrogen-bond acceptors (Lipinski definition) is 3. The van der Waals surface area contributed by atoms with Crippen LogP contribution < -0.4 is 5.32 Å². The highest BCUT2D eigenvalue weighted by molar-refractivity contribution is 5.94. The number of amides is 3. The minimum atomic E-state index is -0.247. The average molecular weight is 518 g/mol. The molecule has 1 N–H and O–H groups in total. The first-order valence-corrected chi connectivity index (χ1v) is 13.7. The van der Waals surface area contributed by atoms with Crippen molar-refractivity contribution < 1.29 is 14.0 Å². The summed E-state index contributed by atoms with van der Waals surface area (Å²) in [5, 5.41) is 3.19. The van der Waals surface area contributed by atoms with E-state index in [1.165, 1.54) is 0 Å². The van der Waals surface area contributed by atoms with Crippen LogP contribution in [-0.4, -0.2) is 41.4 Å². The van der Waals surface area contributed by atoms with E-state index in [2.05, 4.69) is 77.2 Å². The lowest BCUT2D eigenvalue weighted by Gasteiger charge is -2.29. The summed E-state index contributed by atoms with van der Waals surface area (Å²) in [6.45, 7) is 14.0. The Balaban J connectivity index is 1.81. The summed E-state index contributed by atoms with van der Waals surface area (Å²) in [7, 11) is 0. The molecule has 0 radical (unpaired) electrons. The van der Waals surface area contributed by atoms with Crippen molar-refractivity contribution in [2.24, 2.45) is 5.92 Å². The molecule has 0 aliphatic heterocycles. The number of hydrogen-bond donors (Lipinski definition) is 1. The predicted octanol–water partition coefficient (Wildman–Crippen LogP) is 7.29. The number of nitrogens with zero attached hydrogens (tertiary/aromatic N) is 2.